The minimum absolute atomic E-state index is 0.186. The van der Waals surface area contributed by atoms with Gasteiger partial charge in [0.2, 0.25) is 0 Å². The highest BCUT2D eigenvalue weighted by Gasteiger charge is 2.10. The Hall–Kier alpha value is -1.10. The molecular formula is C13H20N2O2. The molecule has 0 unspecified atom stereocenters. The zero-order chi connectivity index (χ0) is 11.9. The minimum atomic E-state index is 0.186. The lowest BCUT2D eigenvalue weighted by molar-refractivity contribution is 0.122. The van der Waals surface area contributed by atoms with Gasteiger partial charge in [-0.2, -0.15) is 0 Å². The van der Waals surface area contributed by atoms with Gasteiger partial charge in [-0.15, -0.1) is 0 Å². The molecule has 1 heterocycles. The van der Waals surface area contributed by atoms with E-state index >= 15 is 0 Å². The third kappa shape index (κ3) is 3.70. The number of rotatable bonds is 5. The Morgan fingerprint density at radius 3 is 2.53 bits per heavy atom. The molecule has 4 nitrogen and oxygen atoms in total. The average Bonchev–Trinajstić information content (AvgIpc) is 2.41. The van der Waals surface area contributed by atoms with Gasteiger partial charge >= 0.3 is 0 Å². The quantitative estimate of drug-likeness (QED) is 0.735. The number of ether oxygens (including phenoxy) is 1. The van der Waals surface area contributed by atoms with Crippen molar-refractivity contribution in [3.8, 4) is 0 Å². The van der Waals surface area contributed by atoms with Gasteiger partial charge in [0.1, 0.15) is 0 Å². The molecule has 1 aliphatic heterocycles. The Kier molecular flexibility index (Phi) is 4.79. The molecule has 0 amide bonds. The minimum Gasteiger partial charge on any atom is -0.395 e. The highest BCUT2D eigenvalue weighted by atomic mass is 16.5. The van der Waals surface area contributed by atoms with E-state index in [2.05, 4.69) is 34.5 Å². The molecule has 94 valence electrons. The molecule has 2 rings (SSSR count). The van der Waals surface area contributed by atoms with Gasteiger partial charge < -0.3 is 20.1 Å². The summed E-state index contributed by atoms with van der Waals surface area (Å²) < 4.78 is 5.34. The van der Waals surface area contributed by atoms with E-state index in [1.807, 2.05) is 0 Å². The third-order valence-corrected chi connectivity index (χ3v) is 2.93. The Morgan fingerprint density at radius 2 is 1.88 bits per heavy atom. The molecule has 0 aromatic heterocycles. The first-order chi connectivity index (χ1) is 8.40. The van der Waals surface area contributed by atoms with E-state index in [4.69, 9.17) is 9.84 Å². The lowest BCUT2D eigenvalue weighted by Gasteiger charge is -2.28. The fourth-order valence-corrected chi connectivity index (χ4v) is 1.96. The lowest BCUT2D eigenvalue weighted by Crippen LogP contribution is -2.36. The van der Waals surface area contributed by atoms with Crippen LogP contribution in [0.4, 0.5) is 5.69 Å². The van der Waals surface area contributed by atoms with Crippen LogP contribution in [0.5, 0.6) is 0 Å². The molecule has 2 N–H and O–H groups in total. The number of benzene rings is 1. The number of aliphatic hydroxyl groups excluding tert-OH is 1. The zero-order valence-electron chi connectivity index (χ0n) is 10.1. The topological polar surface area (TPSA) is 44.7 Å². The summed E-state index contributed by atoms with van der Waals surface area (Å²) in [6, 6.07) is 8.58. The van der Waals surface area contributed by atoms with Gasteiger partial charge in [-0.05, 0) is 17.7 Å². The molecule has 4 heteroatoms. The van der Waals surface area contributed by atoms with Crippen molar-refractivity contribution >= 4 is 5.69 Å². The summed E-state index contributed by atoms with van der Waals surface area (Å²) in [5.74, 6) is 0. The lowest BCUT2D eigenvalue weighted by atomic mass is 10.2. The van der Waals surface area contributed by atoms with Crippen molar-refractivity contribution < 1.29 is 9.84 Å². The molecule has 0 saturated carbocycles. The van der Waals surface area contributed by atoms with Crippen LogP contribution in [0.15, 0.2) is 24.3 Å². The number of hydrogen-bond donors (Lipinski definition) is 2. The zero-order valence-corrected chi connectivity index (χ0v) is 10.1. The maximum absolute atomic E-state index is 8.68. The van der Waals surface area contributed by atoms with Crippen molar-refractivity contribution in [1.29, 1.82) is 0 Å². The predicted molar refractivity (Wildman–Crippen MR) is 68.3 cm³/mol. The first-order valence-electron chi connectivity index (χ1n) is 6.13. The number of aliphatic hydroxyl groups is 1. The van der Waals surface area contributed by atoms with Crippen LogP contribution in [0.3, 0.4) is 0 Å². The first kappa shape index (κ1) is 12.4. The summed E-state index contributed by atoms with van der Waals surface area (Å²) in [7, 11) is 0. The fourth-order valence-electron chi connectivity index (χ4n) is 1.96. The van der Waals surface area contributed by atoms with Crippen LogP contribution in [0.1, 0.15) is 5.56 Å². The van der Waals surface area contributed by atoms with Crippen LogP contribution in [0.2, 0.25) is 0 Å². The standard InChI is InChI=1S/C13H20N2O2/c16-8-5-14-11-12-1-3-13(4-2-12)15-6-9-17-10-7-15/h1-4,14,16H,5-11H2. The molecule has 0 radical (unpaired) electrons. The number of anilines is 1. The molecule has 17 heavy (non-hydrogen) atoms. The Morgan fingerprint density at radius 1 is 1.18 bits per heavy atom. The van der Waals surface area contributed by atoms with Crippen LogP contribution in [-0.2, 0) is 11.3 Å². The molecule has 1 fully saturated rings. The number of morpholine rings is 1. The second-order valence-electron chi connectivity index (χ2n) is 4.17. The van der Waals surface area contributed by atoms with Crippen molar-refractivity contribution in [3.63, 3.8) is 0 Å². The van der Waals surface area contributed by atoms with Crippen LogP contribution in [0, 0.1) is 0 Å². The van der Waals surface area contributed by atoms with Crippen molar-refractivity contribution in [2.45, 2.75) is 6.54 Å². The summed E-state index contributed by atoms with van der Waals surface area (Å²) in [4.78, 5) is 2.34. The van der Waals surface area contributed by atoms with Gasteiger partial charge in [0.25, 0.3) is 0 Å². The molecule has 0 bridgehead atoms. The van der Waals surface area contributed by atoms with Crippen LogP contribution < -0.4 is 10.2 Å². The van der Waals surface area contributed by atoms with Crippen LogP contribution >= 0.6 is 0 Å². The summed E-state index contributed by atoms with van der Waals surface area (Å²) in [6.45, 7) is 5.23. The Balaban J connectivity index is 1.88. The second-order valence-corrected chi connectivity index (χ2v) is 4.17. The molecule has 1 saturated heterocycles. The van der Waals surface area contributed by atoms with Crippen LogP contribution in [0.25, 0.3) is 0 Å². The normalized spacial score (nSPS) is 16.2. The van der Waals surface area contributed by atoms with Gasteiger partial charge in [-0.1, -0.05) is 12.1 Å². The van der Waals surface area contributed by atoms with E-state index < -0.39 is 0 Å². The third-order valence-electron chi connectivity index (χ3n) is 2.93. The van der Waals surface area contributed by atoms with Gasteiger partial charge in [0.15, 0.2) is 0 Å². The molecular weight excluding hydrogens is 216 g/mol. The number of nitrogens with one attached hydrogen (secondary N) is 1. The van der Waals surface area contributed by atoms with Crippen molar-refractivity contribution in [3.05, 3.63) is 29.8 Å². The number of nitrogens with zero attached hydrogens (tertiary/aromatic N) is 1. The first-order valence-corrected chi connectivity index (χ1v) is 6.13. The van der Waals surface area contributed by atoms with Crippen molar-refractivity contribution in [2.75, 3.05) is 44.4 Å². The molecule has 1 aromatic rings. The SMILES string of the molecule is OCCNCc1ccc(N2CCOCC2)cc1. The smallest absolute Gasteiger partial charge is 0.0642 e. The molecule has 1 aromatic carbocycles. The van der Waals surface area contributed by atoms with E-state index in [0.717, 1.165) is 32.8 Å². The maximum atomic E-state index is 8.68. The summed E-state index contributed by atoms with van der Waals surface area (Å²) in [6.07, 6.45) is 0. The van der Waals surface area contributed by atoms with E-state index in [1.54, 1.807) is 0 Å². The van der Waals surface area contributed by atoms with E-state index in [-0.39, 0.29) is 6.61 Å². The number of hydrogen-bond acceptors (Lipinski definition) is 4. The van der Waals surface area contributed by atoms with Gasteiger partial charge in [-0.3, -0.25) is 0 Å². The highest BCUT2D eigenvalue weighted by Crippen LogP contribution is 2.16. The van der Waals surface area contributed by atoms with Gasteiger partial charge in [0.05, 0.1) is 19.8 Å². The summed E-state index contributed by atoms with van der Waals surface area (Å²) in [5, 5.41) is 11.8. The van der Waals surface area contributed by atoms with E-state index in [1.165, 1.54) is 11.3 Å². The van der Waals surface area contributed by atoms with Gasteiger partial charge in [-0.25, -0.2) is 0 Å². The molecule has 0 aliphatic carbocycles. The van der Waals surface area contributed by atoms with Crippen molar-refractivity contribution in [2.24, 2.45) is 0 Å². The highest BCUT2D eigenvalue weighted by molar-refractivity contribution is 5.47. The Bertz CT molecular complexity index is 321. The monoisotopic (exact) mass is 236 g/mol. The van der Waals surface area contributed by atoms with Crippen LogP contribution in [-0.4, -0.2) is 44.6 Å². The van der Waals surface area contributed by atoms with Crippen molar-refractivity contribution in [1.82, 2.24) is 5.32 Å². The maximum Gasteiger partial charge on any atom is 0.0642 e. The second kappa shape index (κ2) is 6.59. The fraction of sp³-hybridized carbons (Fsp3) is 0.538. The molecule has 0 atom stereocenters. The molecule has 1 aliphatic rings. The summed E-state index contributed by atoms with van der Waals surface area (Å²) in [5.41, 5.74) is 2.51. The van der Waals surface area contributed by atoms with Gasteiger partial charge in [0, 0.05) is 31.9 Å². The summed E-state index contributed by atoms with van der Waals surface area (Å²) >= 11 is 0. The predicted octanol–water partition coefficient (Wildman–Crippen LogP) is 0.605. The average molecular weight is 236 g/mol. The van der Waals surface area contributed by atoms with E-state index in [9.17, 15) is 0 Å². The largest absolute Gasteiger partial charge is 0.395 e. The molecule has 0 spiro atoms. The van der Waals surface area contributed by atoms with E-state index in [0.29, 0.717) is 6.54 Å². The Labute approximate surface area is 102 Å².